The number of nitrogens with zero attached hydrogens (tertiary/aromatic N) is 2. The zero-order chi connectivity index (χ0) is 47.3. The van der Waals surface area contributed by atoms with Crippen LogP contribution in [0.25, 0.3) is 22.4 Å². The molecule has 0 bridgehead atoms. The maximum atomic E-state index is 13.7. The average molecular weight is 916 g/mol. The third kappa shape index (κ3) is 15.2. The summed E-state index contributed by atoms with van der Waals surface area (Å²) in [6.07, 6.45) is 9.21. The highest BCUT2D eigenvalue weighted by molar-refractivity contribution is 7.22. The first kappa shape index (κ1) is 48.2. The molecule has 0 aliphatic rings. The Bertz CT molecular complexity index is 2700. The number of esters is 6. The van der Waals surface area contributed by atoms with E-state index in [2.05, 4.69) is 44.7 Å². The summed E-state index contributed by atoms with van der Waals surface area (Å²) >= 11 is 1.36. The number of fused-ring (bicyclic) bond motifs is 1. The van der Waals surface area contributed by atoms with Crippen LogP contribution in [-0.4, -0.2) is 79.8 Å². The molecular weight excluding hydrogens is 879 g/mol. The van der Waals surface area contributed by atoms with Gasteiger partial charge in [-0.1, -0.05) is 61.4 Å². The van der Waals surface area contributed by atoms with E-state index < -0.39 is 68.6 Å². The van der Waals surface area contributed by atoms with Crippen LogP contribution in [0, 0.1) is 0 Å². The Morgan fingerprint density at radius 2 is 1.30 bits per heavy atom. The van der Waals surface area contributed by atoms with Crippen molar-refractivity contribution in [2.24, 2.45) is 5.10 Å². The van der Waals surface area contributed by atoms with Crippen molar-refractivity contribution in [2.45, 2.75) is 0 Å². The van der Waals surface area contributed by atoms with Crippen molar-refractivity contribution in [1.29, 1.82) is 0 Å². The van der Waals surface area contributed by atoms with Crippen molar-refractivity contribution in [3.05, 3.63) is 163 Å². The molecule has 4 aromatic carbocycles. The van der Waals surface area contributed by atoms with Gasteiger partial charge < -0.3 is 37.9 Å². The second kappa shape index (κ2) is 24.7. The van der Waals surface area contributed by atoms with Crippen LogP contribution in [0.2, 0.25) is 0 Å². The van der Waals surface area contributed by atoms with Crippen LogP contribution < -0.4 is 19.6 Å². The lowest BCUT2D eigenvalue weighted by atomic mass is 10.1. The number of hydrogen-bond donors (Lipinski definition) is 1. The number of rotatable bonds is 23. The molecule has 0 aliphatic heterocycles. The molecule has 19 heteroatoms. The van der Waals surface area contributed by atoms with Crippen LogP contribution in [0.5, 0.6) is 17.2 Å². The van der Waals surface area contributed by atoms with Gasteiger partial charge in [-0.2, -0.15) is 5.10 Å². The molecule has 18 nitrogen and oxygen atoms in total. The molecule has 0 radical (unpaired) electrons. The predicted molar refractivity (Wildman–Crippen MR) is 239 cm³/mol. The normalized spacial score (nSPS) is 10.8. The molecule has 1 aromatic heterocycles. The summed E-state index contributed by atoms with van der Waals surface area (Å²) in [4.78, 5) is 89.6. The first-order valence-electron chi connectivity index (χ1n) is 19.1. The summed E-state index contributed by atoms with van der Waals surface area (Å²) in [5.41, 5.74) is 4.79. The van der Waals surface area contributed by atoms with E-state index in [1.807, 2.05) is 24.3 Å². The van der Waals surface area contributed by atoms with E-state index in [0.717, 1.165) is 40.6 Å². The molecule has 0 fully saturated rings. The quantitative estimate of drug-likeness (QED) is 0.0104. The van der Waals surface area contributed by atoms with E-state index in [4.69, 9.17) is 28.4 Å². The van der Waals surface area contributed by atoms with E-state index in [9.17, 15) is 33.6 Å². The van der Waals surface area contributed by atoms with Gasteiger partial charge in [0.05, 0.1) is 27.6 Å². The third-order valence-corrected chi connectivity index (χ3v) is 9.10. The molecule has 0 aliphatic carbocycles. The van der Waals surface area contributed by atoms with Crippen molar-refractivity contribution in [3.63, 3.8) is 0 Å². The molecular formula is C47H37N3O15S. The Morgan fingerprint density at radius 1 is 0.636 bits per heavy atom. The molecule has 5 rings (SSSR count). The lowest BCUT2D eigenvalue weighted by Crippen LogP contribution is -2.13. The Morgan fingerprint density at radius 3 is 2.03 bits per heavy atom. The highest BCUT2D eigenvalue weighted by Crippen LogP contribution is 2.29. The Hall–Kier alpha value is -8.81. The molecule has 66 heavy (non-hydrogen) atoms. The van der Waals surface area contributed by atoms with E-state index in [-0.39, 0.29) is 33.9 Å². The second-order valence-corrected chi connectivity index (χ2v) is 13.7. The zero-order valence-electron chi connectivity index (χ0n) is 34.6. The topological polar surface area (TPSA) is 231 Å². The minimum atomic E-state index is -0.867. The van der Waals surface area contributed by atoms with Gasteiger partial charge >= 0.3 is 35.8 Å². The first-order valence-corrected chi connectivity index (χ1v) is 19.9. The molecule has 0 spiro atoms. The van der Waals surface area contributed by atoms with Gasteiger partial charge in [0, 0.05) is 35.4 Å². The Balaban J connectivity index is 1.33. The van der Waals surface area contributed by atoms with Crippen molar-refractivity contribution in [3.8, 4) is 17.2 Å². The van der Waals surface area contributed by atoms with Gasteiger partial charge in [0.25, 0.3) is 0 Å². The van der Waals surface area contributed by atoms with Gasteiger partial charge in [-0.3, -0.25) is 10.2 Å². The summed E-state index contributed by atoms with van der Waals surface area (Å²) in [6, 6.07) is 21.9. The van der Waals surface area contributed by atoms with Gasteiger partial charge in [-0.05, 0) is 78.4 Å². The fraction of sp³-hybridized carbons (Fsp3) is 0.0851. The van der Waals surface area contributed by atoms with Crippen LogP contribution in [0.4, 0.5) is 5.13 Å². The summed E-state index contributed by atoms with van der Waals surface area (Å²) in [5.74, 6) is -5.05. The Labute approximate surface area is 379 Å². The smallest absolute Gasteiger partial charge is 0.343 e. The van der Waals surface area contributed by atoms with E-state index in [1.54, 1.807) is 12.1 Å². The maximum absolute atomic E-state index is 13.7. The number of para-hydroxylation sites is 1. The fourth-order valence-electron chi connectivity index (χ4n) is 5.00. The molecule has 0 saturated carbocycles. The monoisotopic (exact) mass is 915 g/mol. The molecule has 336 valence electrons. The number of hydrogen-bond acceptors (Lipinski definition) is 19. The molecule has 0 unspecified atom stereocenters. The van der Waals surface area contributed by atoms with Crippen LogP contribution in [0.15, 0.2) is 140 Å². The molecule has 1 heterocycles. The molecule has 0 atom stereocenters. The number of nitrogens with one attached hydrogen (secondary N) is 1. The number of carbonyl (C=O) groups excluding carboxylic acids is 7. The number of benzene rings is 4. The van der Waals surface area contributed by atoms with Crippen LogP contribution >= 0.6 is 11.3 Å². The summed E-state index contributed by atoms with van der Waals surface area (Å²) in [5, 5.41) is 4.76. The van der Waals surface area contributed by atoms with E-state index in [1.165, 1.54) is 78.2 Å². The average Bonchev–Trinajstić information content (AvgIpc) is 3.75. The lowest BCUT2D eigenvalue weighted by molar-refractivity contribution is -0.160. The van der Waals surface area contributed by atoms with Gasteiger partial charge in [-0.15, -0.1) is 0 Å². The number of ketones is 1. The van der Waals surface area contributed by atoms with Gasteiger partial charge in [0.1, 0.15) is 23.9 Å². The van der Waals surface area contributed by atoms with Gasteiger partial charge in [-0.25, -0.2) is 33.8 Å². The number of ether oxygens (including phenoxy) is 8. The van der Waals surface area contributed by atoms with E-state index >= 15 is 0 Å². The largest absolute Gasteiger partial charge is 0.457 e. The second-order valence-electron chi connectivity index (χ2n) is 12.7. The van der Waals surface area contributed by atoms with Crippen molar-refractivity contribution in [2.75, 3.05) is 32.4 Å². The fourth-order valence-corrected chi connectivity index (χ4v) is 5.81. The summed E-state index contributed by atoms with van der Waals surface area (Å²) in [7, 11) is 0. The molecule has 5 aromatic rings. The van der Waals surface area contributed by atoms with Gasteiger partial charge in [0.15, 0.2) is 12.6 Å². The number of aromatic nitrogens is 1. The number of anilines is 1. The van der Waals surface area contributed by atoms with Crippen molar-refractivity contribution in [1.82, 2.24) is 4.98 Å². The van der Waals surface area contributed by atoms with Crippen LogP contribution in [-0.2, 0) is 47.7 Å². The Kier molecular flexibility index (Phi) is 18.1. The molecule has 0 saturated heterocycles. The molecule has 0 amide bonds. The minimum absolute atomic E-state index is 0.00102. The van der Waals surface area contributed by atoms with Crippen molar-refractivity contribution < 1.29 is 71.5 Å². The zero-order valence-corrected chi connectivity index (χ0v) is 35.4. The third-order valence-electron chi connectivity index (χ3n) is 8.16. The minimum Gasteiger partial charge on any atom is -0.457 e. The summed E-state index contributed by atoms with van der Waals surface area (Å²) < 4.78 is 42.0. The standard InChI is InChI=1S/C47H37N3O15S/c1-4-41(52)60-27-58-26-35(51)19-18-31-16-17-33(24-39(31)59-28-61-42(53)5-2)46(57)65-38-21-20-36(23-34(38)25-48-50-47-49-37-9-7-8-10-40(37)66-47)64-45(56)32-14-11-30(12-15-32)13-22-44(55)63-29-62-43(54)6-3/h4-25H,1-3,26-29H2,(H,49,50)/b19-18+,22-13+,48-25+. The summed E-state index contributed by atoms with van der Waals surface area (Å²) in [6.45, 7) is 7.79. The predicted octanol–water partition coefficient (Wildman–Crippen LogP) is 6.77. The highest BCUT2D eigenvalue weighted by Gasteiger charge is 2.17. The molecule has 1 N–H and O–H groups in total. The first-order chi connectivity index (χ1) is 31.9. The van der Waals surface area contributed by atoms with Gasteiger partial charge in [0.2, 0.25) is 18.7 Å². The van der Waals surface area contributed by atoms with Crippen LogP contribution in [0.1, 0.15) is 37.4 Å². The SMILES string of the molecule is C=CC(=O)OCOCC(=O)/C=C/c1ccc(C(=O)Oc2ccc(OC(=O)c3ccc(/C=C/C(=O)OCOC(=O)C=C)cc3)cc2/C=N/Nc2nc3ccccc3s2)cc1OCOC(=O)C=C. The number of thiazole rings is 1. The highest BCUT2D eigenvalue weighted by atomic mass is 32.1. The number of carbonyl (C=O) groups is 7. The van der Waals surface area contributed by atoms with E-state index in [0.29, 0.717) is 16.3 Å². The maximum Gasteiger partial charge on any atom is 0.343 e. The van der Waals surface area contributed by atoms with Crippen LogP contribution in [0.3, 0.4) is 0 Å². The lowest BCUT2D eigenvalue weighted by Gasteiger charge is -2.13. The van der Waals surface area contributed by atoms with Crippen molar-refractivity contribution >= 4 is 86.7 Å². The number of hydrazone groups is 1.